The van der Waals surface area contributed by atoms with Gasteiger partial charge in [0.1, 0.15) is 6.04 Å². The van der Waals surface area contributed by atoms with Gasteiger partial charge in [-0.15, -0.1) is 0 Å². The van der Waals surface area contributed by atoms with Crippen molar-refractivity contribution in [2.45, 2.75) is 52.0 Å². The lowest BCUT2D eigenvalue weighted by Gasteiger charge is -2.24. The van der Waals surface area contributed by atoms with E-state index < -0.39 is 6.04 Å². The third kappa shape index (κ3) is 3.63. The standard InChI is InChI=1S/C17H24N2O2/c1-4-6-15-17(21)19(10-9-16(20)18-15)14-8-5-7-13(11-14)12(2)3/h5,7-8,11-12,15H,4,6,9-10H2,1-3H3,(H,18,20). The molecule has 0 saturated carbocycles. The third-order valence-corrected chi connectivity index (χ3v) is 3.89. The van der Waals surface area contributed by atoms with Crippen molar-refractivity contribution in [3.63, 3.8) is 0 Å². The van der Waals surface area contributed by atoms with Crippen LogP contribution < -0.4 is 10.2 Å². The molecule has 1 aliphatic rings. The SMILES string of the molecule is CCCC1NC(=O)CCN(c2cccc(C(C)C)c2)C1=O. The molecule has 4 heteroatoms. The molecule has 1 aromatic rings. The maximum Gasteiger partial charge on any atom is 0.249 e. The molecular formula is C17H24N2O2. The first-order valence-electron chi connectivity index (χ1n) is 7.73. The summed E-state index contributed by atoms with van der Waals surface area (Å²) in [5.74, 6) is 0.381. The highest BCUT2D eigenvalue weighted by molar-refractivity contribution is 6.01. The molecule has 1 N–H and O–H groups in total. The van der Waals surface area contributed by atoms with Crippen LogP contribution in [-0.2, 0) is 9.59 Å². The van der Waals surface area contributed by atoms with Crippen LogP contribution in [0.25, 0.3) is 0 Å². The molecule has 4 nitrogen and oxygen atoms in total. The van der Waals surface area contributed by atoms with Gasteiger partial charge >= 0.3 is 0 Å². The van der Waals surface area contributed by atoms with Gasteiger partial charge in [0.2, 0.25) is 11.8 Å². The molecule has 1 saturated heterocycles. The molecule has 1 fully saturated rings. The lowest BCUT2D eigenvalue weighted by atomic mass is 10.0. The van der Waals surface area contributed by atoms with Crippen LogP contribution in [0.5, 0.6) is 0 Å². The Morgan fingerprint density at radius 1 is 1.33 bits per heavy atom. The summed E-state index contributed by atoms with van der Waals surface area (Å²) in [6.07, 6.45) is 1.92. The highest BCUT2D eigenvalue weighted by atomic mass is 16.2. The predicted molar refractivity (Wildman–Crippen MR) is 84.3 cm³/mol. The molecule has 1 aromatic carbocycles. The fraction of sp³-hybridized carbons (Fsp3) is 0.529. The normalized spacial score (nSPS) is 19.6. The zero-order valence-corrected chi connectivity index (χ0v) is 13.1. The van der Waals surface area contributed by atoms with Crippen LogP contribution in [0.4, 0.5) is 5.69 Å². The minimum Gasteiger partial charge on any atom is -0.344 e. The van der Waals surface area contributed by atoms with E-state index >= 15 is 0 Å². The molecule has 1 unspecified atom stereocenters. The Morgan fingerprint density at radius 2 is 2.10 bits per heavy atom. The van der Waals surface area contributed by atoms with Crippen LogP contribution in [0, 0.1) is 0 Å². The lowest BCUT2D eigenvalue weighted by Crippen LogP contribution is -2.44. The van der Waals surface area contributed by atoms with Crippen LogP contribution in [0.3, 0.4) is 0 Å². The van der Waals surface area contributed by atoms with E-state index in [0.29, 0.717) is 25.3 Å². The first-order valence-corrected chi connectivity index (χ1v) is 7.73. The zero-order chi connectivity index (χ0) is 15.4. The molecule has 1 aliphatic heterocycles. The van der Waals surface area contributed by atoms with E-state index in [2.05, 4.69) is 31.3 Å². The van der Waals surface area contributed by atoms with Gasteiger partial charge in [0, 0.05) is 18.7 Å². The summed E-state index contributed by atoms with van der Waals surface area (Å²) >= 11 is 0. The lowest BCUT2D eigenvalue weighted by molar-refractivity contribution is -0.125. The molecule has 2 amide bonds. The van der Waals surface area contributed by atoms with E-state index in [0.717, 1.165) is 12.1 Å². The summed E-state index contributed by atoms with van der Waals surface area (Å²) in [7, 11) is 0. The Hall–Kier alpha value is -1.84. The highest BCUT2D eigenvalue weighted by Gasteiger charge is 2.30. The van der Waals surface area contributed by atoms with Gasteiger partial charge < -0.3 is 10.2 Å². The van der Waals surface area contributed by atoms with Gasteiger partial charge in [0.25, 0.3) is 0 Å². The van der Waals surface area contributed by atoms with E-state index in [4.69, 9.17) is 0 Å². The average Bonchev–Trinajstić information content (AvgIpc) is 2.59. The van der Waals surface area contributed by atoms with E-state index in [-0.39, 0.29) is 11.8 Å². The minimum absolute atomic E-state index is 0.00334. The molecule has 114 valence electrons. The van der Waals surface area contributed by atoms with Gasteiger partial charge in [0.15, 0.2) is 0 Å². The van der Waals surface area contributed by atoms with Gasteiger partial charge in [-0.2, -0.15) is 0 Å². The van der Waals surface area contributed by atoms with Gasteiger partial charge in [-0.3, -0.25) is 9.59 Å². The monoisotopic (exact) mass is 288 g/mol. The van der Waals surface area contributed by atoms with Crippen molar-refractivity contribution in [2.75, 3.05) is 11.4 Å². The van der Waals surface area contributed by atoms with Gasteiger partial charge in [-0.1, -0.05) is 39.3 Å². The quantitative estimate of drug-likeness (QED) is 0.926. The minimum atomic E-state index is -0.396. The zero-order valence-electron chi connectivity index (χ0n) is 13.1. The van der Waals surface area contributed by atoms with Crippen molar-refractivity contribution in [3.8, 4) is 0 Å². The van der Waals surface area contributed by atoms with Crippen molar-refractivity contribution in [1.82, 2.24) is 5.32 Å². The number of nitrogens with zero attached hydrogens (tertiary/aromatic N) is 1. The summed E-state index contributed by atoms with van der Waals surface area (Å²) in [5.41, 5.74) is 2.10. The van der Waals surface area contributed by atoms with Crippen molar-refractivity contribution in [2.24, 2.45) is 0 Å². The molecule has 0 aromatic heterocycles. The number of rotatable bonds is 4. The maximum atomic E-state index is 12.7. The van der Waals surface area contributed by atoms with E-state index in [1.807, 2.05) is 19.1 Å². The van der Waals surface area contributed by atoms with Crippen molar-refractivity contribution in [3.05, 3.63) is 29.8 Å². The van der Waals surface area contributed by atoms with E-state index in [9.17, 15) is 9.59 Å². The Bertz CT molecular complexity index is 525. The highest BCUT2D eigenvalue weighted by Crippen LogP contribution is 2.24. The number of carbonyl (C=O) groups is 2. The second kappa shape index (κ2) is 6.74. The number of benzene rings is 1. The van der Waals surface area contributed by atoms with Crippen LogP contribution in [-0.4, -0.2) is 24.4 Å². The molecule has 0 bridgehead atoms. The maximum absolute atomic E-state index is 12.7. The fourth-order valence-corrected chi connectivity index (χ4v) is 2.63. The Labute approximate surface area is 126 Å². The number of hydrogen-bond acceptors (Lipinski definition) is 2. The van der Waals surface area contributed by atoms with Crippen molar-refractivity contribution < 1.29 is 9.59 Å². The summed E-state index contributed by atoms with van der Waals surface area (Å²) in [6.45, 7) is 6.74. The molecular weight excluding hydrogens is 264 g/mol. The van der Waals surface area contributed by atoms with E-state index in [1.165, 1.54) is 5.56 Å². The van der Waals surface area contributed by atoms with Gasteiger partial charge in [-0.05, 0) is 30.0 Å². The summed E-state index contributed by atoms with van der Waals surface area (Å²) < 4.78 is 0. The molecule has 21 heavy (non-hydrogen) atoms. The first-order chi connectivity index (χ1) is 10.0. The van der Waals surface area contributed by atoms with E-state index in [1.54, 1.807) is 4.90 Å². The fourth-order valence-electron chi connectivity index (χ4n) is 2.63. The van der Waals surface area contributed by atoms with Gasteiger partial charge in [0.05, 0.1) is 0 Å². The third-order valence-electron chi connectivity index (χ3n) is 3.89. The summed E-state index contributed by atoms with van der Waals surface area (Å²) in [5, 5.41) is 2.84. The number of carbonyl (C=O) groups excluding carboxylic acids is 2. The van der Waals surface area contributed by atoms with Crippen LogP contribution >= 0.6 is 0 Å². The molecule has 2 rings (SSSR count). The molecule has 1 atom stereocenters. The predicted octanol–water partition coefficient (Wildman–Crippen LogP) is 2.83. The second-order valence-electron chi connectivity index (χ2n) is 5.90. The number of nitrogens with one attached hydrogen (secondary N) is 1. The molecule has 1 heterocycles. The summed E-state index contributed by atoms with van der Waals surface area (Å²) in [4.78, 5) is 26.2. The Morgan fingerprint density at radius 3 is 2.76 bits per heavy atom. The van der Waals surface area contributed by atoms with Crippen molar-refractivity contribution >= 4 is 17.5 Å². The van der Waals surface area contributed by atoms with Gasteiger partial charge in [-0.25, -0.2) is 0 Å². The first kappa shape index (κ1) is 15.5. The molecule has 0 aliphatic carbocycles. The second-order valence-corrected chi connectivity index (χ2v) is 5.90. The van der Waals surface area contributed by atoms with Crippen LogP contribution in [0.1, 0.15) is 51.5 Å². The smallest absolute Gasteiger partial charge is 0.249 e. The average molecular weight is 288 g/mol. The Kier molecular flexibility index (Phi) is 4.99. The number of anilines is 1. The molecule has 0 radical (unpaired) electrons. The summed E-state index contributed by atoms with van der Waals surface area (Å²) in [6, 6.07) is 7.66. The number of amides is 2. The van der Waals surface area contributed by atoms with Crippen LogP contribution in [0.15, 0.2) is 24.3 Å². The Balaban J connectivity index is 2.30. The number of hydrogen-bond donors (Lipinski definition) is 1. The largest absolute Gasteiger partial charge is 0.344 e. The topological polar surface area (TPSA) is 49.4 Å². The molecule has 0 spiro atoms. The van der Waals surface area contributed by atoms with Crippen molar-refractivity contribution in [1.29, 1.82) is 0 Å². The van der Waals surface area contributed by atoms with Crippen LogP contribution in [0.2, 0.25) is 0 Å².